The third kappa shape index (κ3) is 2.98. The molecule has 0 aliphatic rings. The molecule has 0 amide bonds. The molecule has 17 heavy (non-hydrogen) atoms. The molecule has 0 unspecified atom stereocenters. The van der Waals surface area contributed by atoms with Crippen molar-refractivity contribution in [2.75, 3.05) is 5.73 Å². The minimum Gasteiger partial charge on any atom is -0.438 e. The molecule has 2 rings (SSSR count). The van der Waals surface area contributed by atoms with Gasteiger partial charge in [0.25, 0.3) is 0 Å². The van der Waals surface area contributed by atoms with Crippen molar-refractivity contribution in [2.24, 2.45) is 0 Å². The molecular weight excluding hydrogens is 348 g/mol. The number of aromatic nitrogens is 1. The molecule has 1 heterocycles. The number of aryl methyl sites for hydroxylation is 1. The van der Waals surface area contributed by atoms with Crippen LogP contribution >= 0.6 is 31.9 Å². The van der Waals surface area contributed by atoms with Crippen LogP contribution in [-0.2, 0) is 0 Å². The van der Waals surface area contributed by atoms with Crippen molar-refractivity contribution in [2.45, 2.75) is 6.92 Å². The van der Waals surface area contributed by atoms with E-state index in [4.69, 9.17) is 10.5 Å². The van der Waals surface area contributed by atoms with Crippen LogP contribution in [0.15, 0.2) is 39.4 Å². The molecule has 0 aliphatic heterocycles. The van der Waals surface area contributed by atoms with Crippen LogP contribution in [0.4, 0.5) is 5.69 Å². The summed E-state index contributed by atoms with van der Waals surface area (Å²) in [5.41, 5.74) is 7.55. The van der Waals surface area contributed by atoms with Crippen LogP contribution in [-0.4, -0.2) is 4.98 Å². The van der Waals surface area contributed by atoms with Crippen LogP contribution in [0.25, 0.3) is 0 Å². The first-order chi connectivity index (χ1) is 8.06. The minimum absolute atomic E-state index is 0.511. The van der Waals surface area contributed by atoms with Crippen LogP contribution in [0.2, 0.25) is 0 Å². The Morgan fingerprint density at radius 2 is 2.00 bits per heavy atom. The third-order valence-electron chi connectivity index (χ3n) is 2.24. The smallest absolute Gasteiger partial charge is 0.233 e. The van der Waals surface area contributed by atoms with E-state index in [1.165, 1.54) is 0 Å². The number of nitrogens with zero attached hydrogens (tertiary/aromatic N) is 1. The highest BCUT2D eigenvalue weighted by Gasteiger charge is 2.06. The lowest BCUT2D eigenvalue weighted by Gasteiger charge is -2.08. The Kier molecular flexibility index (Phi) is 3.69. The molecule has 0 saturated carbocycles. The molecule has 0 saturated heterocycles. The van der Waals surface area contributed by atoms with Crippen LogP contribution in [0.1, 0.15) is 5.56 Å². The average molecular weight is 358 g/mol. The first-order valence-corrected chi connectivity index (χ1v) is 6.50. The zero-order valence-corrected chi connectivity index (χ0v) is 12.2. The Balaban J connectivity index is 2.28. The first kappa shape index (κ1) is 12.4. The Morgan fingerprint density at radius 1 is 1.24 bits per heavy atom. The van der Waals surface area contributed by atoms with Gasteiger partial charge in [-0.2, -0.15) is 0 Å². The number of nitrogen functional groups attached to an aromatic ring is 1. The Labute approximate surface area is 116 Å². The van der Waals surface area contributed by atoms with Crippen molar-refractivity contribution in [1.82, 2.24) is 4.98 Å². The maximum Gasteiger partial charge on any atom is 0.233 e. The fraction of sp³-hybridized carbons (Fsp3) is 0.0833. The van der Waals surface area contributed by atoms with Gasteiger partial charge in [0.05, 0.1) is 4.47 Å². The largest absolute Gasteiger partial charge is 0.438 e. The van der Waals surface area contributed by atoms with Crippen LogP contribution in [0.5, 0.6) is 11.6 Å². The van der Waals surface area contributed by atoms with E-state index in [0.717, 1.165) is 14.5 Å². The highest BCUT2D eigenvalue weighted by atomic mass is 79.9. The second kappa shape index (κ2) is 5.06. The summed E-state index contributed by atoms with van der Waals surface area (Å²) in [5.74, 6) is 1.18. The molecule has 1 aromatic heterocycles. The molecule has 0 atom stereocenters. The van der Waals surface area contributed by atoms with Gasteiger partial charge in [-0.1, -0.05) is 6.07 Å². The molecule has 2 N–H and O–H groups in total. The molecule has 3 nitrogen and oxygen atoms in total. The van der Waals surface area contributed by atoms with E-state index in [-0.39, 0.29) is 0 Å². The lowest BCUT2D eigenvalue weighted by Crippen LogP contribution is -1.93. The van der Waals surface area contributed by atoms with Crippen molar-refractivity contribution >= 4 is 37.5 Å². The highest BCUT2D eigenvalue weighted by molar-refractivity contribution is 9.11. The summed E-state index contributed by atoms with van der Waals surface area (Å²) in [7, 11) is 0. The van der Waals surface area contributed by atoms with Gasteiger partial charge in [-0.3, -0.25) is 0 Å². The Morgan fingerprint density at radius 3 is 2.65 bits per heavy atom. The summed E-state index contributed by atoms with van der Waals surface area (Å²) < 4.78 is 7.31. The van der Waals surface area contributed by atoms with E-state index in [1.807, 2.05) is 25.1 Å². The summed E-state index contributed by atoms with van der Waals surface area (Å²) in [5, 5.41) is 0. The second-order valence-electron chi connectivity index (χ2n) is 3.56. The maximum atomic E-state index is 5.82. The van der Waals surface area contributed by atoms with E-state index in [1.54, 1.807) is 12.3 Å². The zero-order valence-electron chi connectivity index (χ0n) is 9.08. The second-order valence-corrected chi connectivity index (χ2v) is 5.33. The van der Waals surface area contributed by atoms with Gasteiger partial charge < -0.3 is 10.5 Å². The van der Waals surface area contributed by atoms with Gasteiger partial charge in [0.15, 0.2) is 0 Å². The summed E-state index contributed by atoms with van der Waals surface area (Å²) in [4.78, 5) is 4.17. The predicted octanol–water partition coefficient (Wildman–Crippen LogP) is 4.29. The normalized spacial score (nSPS) is 10.3. The molecule has 0 spiro atoms. The molecule has 0 bridgehead atoms. The summed E-state index contributed by atoms with van der Waals surface area (Å²) >= 11 is 6.72. The van der Waals surface area contributed by atoms with Gasteiger partial charge in [-0.25, -0.2) is 4.98 Å². The first-order valence-electron chi connectivity index (χ1n) is 4.91. The topological polar surface area (TPSA) is 48.1 Å². The van der Waals surface area contributed by atoms with E-state index >= 15 is 0 Å². The third-order valence-corrected chi connectivity index (χ3v) is 3.24. The lowest BCUT2D eigenvalue weighted by molar-refractivity contribution is 0.459. The number of halogens is 2. The number of nitrogens with two attached hydrogens (primary N) is 1. The Hall–Kier alpha value is -1.07. The van der Waals surface area contributed by atoms with Crippen molar-refractivity contribution < 1.29 is 4.74 Å². The molecule has 0 fully saturated rings. The number of benzene rings is 1. The molecule has 0 aliphatic carbocycles. The fourth-order valence-electron chi connectivity index (χ4n) is 1.27. The van der Waals surface area contributed by atoms with E-state index in [0.29, 0.717) is 17.3 Å². The van der Waals surface area contributed by atoms with Gasteiger partial charge >= 0.3 is 0 Å². The summed E-state index contributed by atoms with van der Waals surface area (Å²) in [6.45, 7) is 1.95. The van der Waals surface area contributed by atoms with Gasteiger partial charge in [-0.15, -0.1) is 0 Å². The Bertz CT molecular complexity index is 558. The highest BCUT2D eigenvalue weighted by Crippen LogP contribution is 2.30. The zero-order chi connectivity index (χ0) is 12.4. The van der Waals surface area contributed by atoms with E-state index in [9.17, 15) is 0 Å². The fourth-order valence-corrected chi connectivity index (χ4v) is 2.34. The number of hydrogen-bond donors (Lipinski definition) is 1. The number of rotatable bonds is 2. The van der Waals surface area contributed by atoms with Crippen molar-refractivity contribution in [3.8, 4) is 11.6 Å². The number of hydrogen-bond acceptors (Lipinski definition) is 3. The molecule has 88 valence electrons. The van der Waals surface area contributed by atoms with E-state index < -0.39 is 0 Å². The van der Waals surface area contributed by atoms with Gasteiger partial charge in [0, 0.05) is 22.4 Å². The summed E-state index contributed by atoms with van der Waals surface area (Å²) in [6, 6.07) is 7.44. The van der Waals surface area contributed by atoms with E-state index in [2.05, 4.69) is 36.8 Å². The van der Waals surface area contributed by atoms with Crippen LogP contribution in [0.3, 0.4) is 0 Å². The van der Waals surface area contributed by atoms with Crippen LogP contribution in [0, 0.1) is 6.92 Å². The molecule has 5 heteroatoms. The van der Waals surface area contributed by atoms with Gasteiger partial charge in [0.1, 0.15) is 5.75 Å². The molecule has 2 aromatic rings. The molecular formula is C12H10Br2N2O. The SMILES string of the molecule is Cc1ccc(Oc2ncc(Br)cc2Br)cc1N. The summed E-state index contributed by atoms with van der Waals surface area (Å²) in [6.07, 6.45) is 1.68. The van der Waals surface area contributed by atoms with Crippen molar-refractivity contribution in [3.63, 3.8) is 0 Å². The quantitative estimate of drug-likeness (QED) is 0.815. The number of anilines is 1. The molecule has 0 radical (unpaired) electrons. The lowest BCUT2D eigenvalue weighted by atomic mass is 10.2. The van der Waals surface area contributed by atoms with Crippen molar-refractivity contribution in [3.05, 3.63) is 45.0 Å². The average Bonchev–Trinajstić information content (AvgIpc) is 2.27. The maximum absolute atomic E-state index is 5.82. The number of pyridine rings is 1. The minimum atomic E-state index is 0.511. The monoisotopic (exact) mass is 356 g/mol. The predicted molar refractivity (Wildman–Crippen MR) is 75.3 cm³/mol. The van der Waals surface area contributed by atoms with Gasteiger partial charge in [0.2, 0.25) is 5.88 Å². The van der Waals surface area contributed by atoms with Gasteiger partial charge in [-0.05, 0) is 56.5 Å². The van der Waals surface area contributed by atoms with Crippen molar-refractivity contribution in [1.29, 1.82) is 0 Å². The standard InChI is InChI=1S/C12H10Br2N2O/c1-7-2-3-9(5-11(7)15)17-12-10(14)4-8(13)6-16-12/h2-6H,15H2,1H3. The molecule has 1 aromatic carbocycles. The van der Waals surface area contributed by atoms with Crippen LogP contribution < -0.4 is 10.5 Å². The number of ether oxygens (including phenoxy) is 1.